The Morgan fingerprint density at radius 3 is 2.92 bits per heavy atom. The zero-order valence-corrected chi connectivity index (χ0v) is 8.21. The zero-order valence-electron chi connectivity index (χ0n) is 7.32. The summed E-state index contributed by atoms with van der Waals surface area (Å²) in [6.07, 6.45) is 0. The van der Waals surface area contributed by atoms with E-state index in [1.165, 1.54) is 0 Å². The van der Waals surface area contributed by atoms with E-state index in [0.29, 0.717) is 11.8 Å². The number of thiol groups is 1. The highest BCUT2D eigenvalue weighted by molar-refractivity contribution is 7.80. The Morgan fingerprint density at radius 1 is 1.58 bits per heavy atom. The maximum absolute atomic E-state index is 5.01. The molecule has 0 bridgehead atoms. The van der Waals surface area contributed by atoms with E-state index in [1.807, 2.05) is 18.2 Å². The van der Waals surface area contributed by atoms with E-state index in [4.69, 9.17) is 4.74 Å². The first-order valence-electron chi connectivity index (χ1n) is 3.89. The Balaban J connectivity index is 2.86. The van der Waals surface area contributed by atoms with Crippen molar-refractivity contribution in [2.24, 2.45) is 0 Å². The molecular formula is C9H13NOS. The number of rotatable bonds is 3. The molecule has 66 valence electrons. The van der Waals surface area contributed by atoms with Gasteiger partial charge in [-0.1, -0.05) is 13.0 Å². The highest BCUT2D eigenvalue weighted by atomic mass is 32.1. The first-order chi connectivity index (χ1) is 5.77. The van der Waals surface area contributed by atoms with Crippen LogP contribution in [0.2, 0.25) is 0 Å². The number of hydrogen-bond donors (Lipinski definition) is 1. The molecule has 0 spiro atoms. The Morgan fingerprint density at radius 2 is 2.33 bits per heavy atom. The summed E-state index contributed by atoms with van der Waals surface area (Å²) in [4.78, 5) is 4.29. The minimum atomic E-state index is 0.378. The Kier molecular flexibility index (Phi) is 3.41. The SMILES string of the molecule is COc1cccc(C(C)CS)n1. The summed E-state index contributed by atoms with van der Waals surface area (Å²) < 4.78 is 5.01. The molecular weight excluding hydrogens is 170 g/mol. The van der Waals surface area contributed by atoms with Gasteiger partial charge in [0, 0.05) is 17.7 Å². The fraction of sp³-hybridized carbons (Fsp3) is 0.444. The van der Waals surface area contributed by atoms with Gasteiger partial charge in [-0.3, -0.25) is 0 Å². The third-order valence-corrected chi connectivity index (χ3v) is 2.28. The number of ether oxygens (including phenoxy) is 1. The van der Waals surface area contributed by atoms with Crippen LogP contribution in [0.3, 0.4) is 0 Å². The lowest BCUT2D eigenvalue weighted by atomic mass is 10.1. The van der Waals surface area contributed by atoms with Crippen molar-refractivity contribution in [2.45, 2.75) is 12.8 Å². The molecule has 0 aliphatic carbocycles. The standard InChI is InChI=1S/C9H13NOS/c1-7(6-12)8-4-3-5-9(10-8)11-2/h3-5,7,12H,6H2,1-2H3. The average molecular weight is 183 g/mol. The third kappa shape index (κ3) is 2.14. The van der Waals surface area contributed by atoms with Crippen LogP contribution < -0.4 is 4.74 Å². The fourth-order valence-electron chi connectivity index (χ4n) is 0.912. The summed E-state index contributed by atoms with van der Waals surface area (Å²) in [6, 6.07) is 5.78. The van der Waals surface area contributed by atoms with Gasteiger partial charge in [-0.2, -0.15) is 12.6 Å². The lowest BCUT2D eigenvalue weighted by Gasteiger charge is -2.07. The number of hydrogen-bond acceptors (Lipinski definition) is 3. The smallest absolute Gasteiger partial charge is 0.213 e. The van der Waals surface area contributed by atoms with Crippen molar-refractivity contribution in [1.29, 1.82) is 0 Å². The molecule has 0 saturated carbocycles. The van der Waals surface area contributed by atoms with E-state index in [-0.39, 0.29) is 0 Å². The van der Waals surface area contributed by atoms with Gasteiger partial charge in [0.25, 0.3) is 0 Å². The van der Waals surface area contributed by atoms with Crippen molar-refractivity contribution in [1.82, 2.24) is 4.98 Å². The first kappa shape index (κ1) is 9.39. The molecule has 12 heavy (non-hydrogen) atoms. The number of aromatic nitrogens is 1. The molecule has 0 saturated heterocycles. The molecule has 1 unspecified atom stereocenters. The molecule has 0 aromatic carbocycles. The van der Waals surface area contributed by atoms with Gasteiger partial charge >= 0.3 is 0 Å². The maximum atomic E-state index is 5.01. The zero-order chi connectivity index (χ0) is 8.97. The van der Waals surface area contributed by atoms with Crippen LogP contribution in [-0.2, 0) is 0 Å². The van der Waals surface area contributed by atoms with E-state index < -0.39 is 0 Å². The van der Waals surface area contributed by atoms with Gasteiger partial charge in [-0.25, -0.2) is 4.98 Å². The van der Waals surface area contributed by atoms with Crippen LogP contribution in [0.5, 0.6) is 5.88 Å². The van der Waals surface area contributed by atoms with Gasteiger partial charge in [0.05, 0.1) is 7.11 Å². The molecule has 3 heteroatoms. The predicted octanol–water partition coefficient (Wildman–Crippen LogP) is 2.12. The van der Waals surface area contributed by atoms with Crippen LogP contribution in [0.4, 0.5) is 0 Å². The lowest BCUT2D eigenvalue weighted by molar-refractivity contribution is 0.395. The maximum Gasteiger partial charge on any atom is 0.213 e. The molecule has 0 fully saturated rings. The van der Waals surface area contributed by atoms with Crippen LogP contribution in [0.15, 0.2) is 18.2 Å². The van der Waals surface area contributed by atoms with Crippen LogP contribution >= 0.6 is 12.6 Å². The third-order valence-electron chi connectivity index (χ3n) is 1.73. The Labute approximate surface area is 78.4 Å². The van der Waals surface area contributed by atoms with Crippen LogP contribution in [0.25, 0.3) is 0 Å². The Bertz CT molecular complexity index is 252. The molecule has 2 nitrogen and oxygen atoms in total. The van der Waals surface area contributed by atoms with Crippen molar-refractivity contribution >= 4 is 12.6 Å². The van der Waals surface area contributed by atoms with Gasteiger partial charge in [0.2, 0.25) is 5.88 Å². The molecule has 1 aromatic heterocycles. The fourth-order valence-corrected chi connectivity index (χ4v) is 1.10. The quantitative estimate of drug-likeness (QED) is 0.725. The van der Waals surface area contributed by atoms with E-state index in [0.717, 1.165) is 11.4 Å². The molecule has 0 aliphatic rings. The highest BCUT2D eigenvalue weighted by Gasteiger charge is 2.04. The molecule has 0 radical (unpaired) electrons. The molecule has 1 heterocycles. The van der Waals surface area contributed by atoms with E-state index in [9.17, 15) is 0 Å². The summed E-state index contributed by atoms with van der Waals surface area (Å²) in [5, 5.41) is 0. The van der Waals surface area contributed by atoms with E-state index in [2.05, 4.69) is 24.5 Å². The number of methoxy groups -OCH3 is 1. The van der Waals surface area contributed by atoms with Gasteiger partial charge in [-0.15, -0.1) is 0 Å². The van der Waals surface area contributed by atoms with Crippen molar-refractivity contribution in [3.63, 3.8) is 0 Å². The molecule has 0 N–H and O–H groups in total. The summed E-state index contributed by atoms with van der Waals surface area (Å²) in [6.45, 7) is 2.09. The second-order valence-corrected chi connectivity index (χ2v) is 3.05. The van der Waals surface area contributed by atoms with Crippen LogP contribution in [0.1, 0.15) is 18.5 Å². The largest absolute Gasteiger partial charge is 0.481 e. The van der Waals surface area contributed by atoms with Crippen molar-refractivity contribution < 1.29 is 4.74 Å². The topological polar surface area (TPSA) is 22.1 Å². The van der Waals surface area contributed by atoms with Gasteiger partial charge < -0.3 is 4.74 Å². The minimum absolute atomic E-state index is 0.378. The highest BCUT2D eigenvalue weighted by Crippen LogP contribution is 2.16. The summed E-state index contributed by atoms with van der Waals surface area (Å²) in [5.41, 5.74) is 1.03. The summed E-state index contributed by atoms with van der Waals surface area (Å²) in [7, 11) is 1.62. The Hall–Kier alpha value is -0.700. The van der Waals surface area contributed by atoms with Crippen molar-refractivity contribution in [3.05, 3.63) is 23.9 Å². The van der Waals surface area contributed by atoms with Gasteiger partial charge in [0.15, 0.2) is 0 Å². The summed E-state index contributed by atoms with van der Waals surface area (Å²) >= 11 is 4.21. The van der Waals surface area contributed by atoms with Crippen LogP contribution in [0, 0.1) is 0 Å². The molecule has 0 amide bonds. The molecule has 0 aliphatic heterocycles. The van der Waals surface area contributed by atoms with Gasteiger partial charge in [-0.05, 0) is 11.8 Å². The van der Waals surface area contributed by atoms with E-state index >= 15 is 0 Å². The van der Waals surface area contributed by atoms with Crippen molar-refractivity contribution in [3.8, 4) is 5.88 Å². The average Bonchev–Trinajstić information content (AvgIpc) is 2.17. The van der Waals surface area contributed by atoms with Crippen molar-refractivity contribution in [2.75, 3.05) is 12.9 Å². The normalized spacial score (nSPS) is 12.6. The minimum Gasteiger partial charge on any atom is -0.481 e. The van der Waals surface area contributed by atoms with Gasteiger partial charge in [0.1, 0.15) is 0 Å². The number of nitrogens with zero attached hydrogens (tertiary/aromatic N) is 1. The van der Waals surface area contributed by atoms with Crippen LogP contribution in [-0.4, -0.2) is 17.8 Å². The molecule has 1 atom stereocenters. The lowest BCUT2D eigenvalue weighted by Crippen LogP contribution is -1.99. The van der Waals surface area contributed by atoms with E-state index in [1.54, 1.807) is 7.11 Å². The molecule has 1 rings (SSSR count). The number of pyridine rings is 1. The summed E-state index contributed by atoms with van der Waals surface area (Å²) in [5.74, 6) is 1.85. The second-order valence-electron chi connectivity index (χ2n) is 2.69. The first-order valence-corrected chi connectivity index (χ1v) is 4.53. The molecule has 1 aromatic rings. The monoisotopic (exact) mass is 183 g/mol. The second kappa shape index (κ2) is 4.36. The predicted molar refractivity (Wildman–Crippen MR) is 53.1 cm³/mol.